The lowest BCUT2D eigenvalue weighted by atomic mass is 9.95. The Bertz CT molecular complexity index is 363. The lowest BCUT2D eigenvalue weighted by molar-refractivity contribution is 0.104. The first kappa shape index (κ1) is 14.5. The summed E-state index contributed by atoms with van der Waals surface area (Å²) in [4.78, 5) is 0. The molecule has 2 rings (SSSR count). The number of nitrogens with one attached hydrogen (secondary N) is 1. The van der Waals surface area contributed by atoms with Gasteiger partial charge in [-0.2, -0.15) is 0 Å². The maximum absolute atomic E-state index is 5.64. The van der Waals surface area contributed by atoms with Crippen molar-refractivity contribution in [2.45, 2.75) is 45.8 Å². The van der Waals surface area contributed by atoms with E-state index >= 15 is 0 Å². The molecule has 3 unspecified atom stereocenters. The summed E-state index contributed by atoms with van der Waals surface area (Å²) in [5, 5.41) is 3.76. The van der Waals surface area contributed by atoms with Crippen LogP contribution in [0.25, 0.3) is 0 Å². The highest BCUT2D eigenvalue weighted by Gasteiger charge is 2.25. The van der Waals surface area contributed by atoms with Gasteiger partial charge in [0.2, 0.25) is 0 Å². The first-order chi connectivity index (χ1) is 9.16. The Labute approximate surface area is 117 Å². The molecule has 1 aliphatic heterocycles. The van der Waals surface area contributed by atoms with E-state index in [4.69, 9.17) is 4.74 Å². The fourth-order valence-electron chi connectivity index (χ4n) is 2.83. The van der Waals surface area contributed by atoms with Gasteiger partial charge < -0.3 is 10.1 Å². The van der Waals surface area contributed by atoms with Gasteiger partial charge >= 0.3 is 0 Å². The van der Waals surface area contributed by atoms with Gasteiger partial charge in [0.25, 0.3) is 0 Å². The minimum absolute atomic E-state index is 0.406. The molecule has 19 heavy (non-hydrogen) atoms. The molecule has 1 heterocycles. The smallest absolute Gasteiger partial charge is 0.0588 e. The second-order valence-electron chi connectivity index (χ2n) is 6.13. The van der Waals surface area contributed by atoms with Crippen molar-refractivity contribution in [3.8, 4) is 0 Å². The highest BCUT2D eigenvalue weighted by molar-refractivity contribution is 5.18. The summed E-state index contributed by atoms with van der Waals surface area (Å²) >= 11 is 0. The first-order valence-electron chi connectivity index (χ1n) is 7.56. The van der Waals surface area contributed by atoms with E-state index in [1.54, 1.807) is 0 Å². The molecule has 1 aromatic rings. The molecule has 1 aromatic carbocycles. The van der Waals surface area contributed by atoms with Gasteiger partial charge in [0, 0.05) is 19.2 Å². The van der Waals surface area contributed by atoms with Crippen LogP contribution in [0.3, 0.4) is 0 Å². The topological polar surface area (TPSA) is 21.3 Å². The molecule has 0 amide bonds. The fourth-order valence-corrected chi connectivity index (χ4v) is 2.83. The molecule has 106 valence electrons. The number of rotatable bonds is 6. The predicted octanol–water partition coefficient (Wildman–Crippen LogP) is 3.79. The molecular formula is C17H27NO. The SMILES string of the molecule is CC(C)CC(NCC1CCOC1C)c1ccccc1. The molecule has 1 aliphatic rings. The molecule has 0 saturated carbocycles. The van der Waals surface area contributed by atoms with Gasteiger partial charge in [-0.15, -0.1) is 0 Å². The maximum Gasteiger partial charge on any atom is 0.0588 e. The minimum Gasteiger partial charge on any atom is -0.378 e. The third-order valence-electron chi connectivity index (χ3n) is 4.07. The Balaban J connectivity index is 1.94. The third kappa shape index (κ3) is 4.32. The molecule has 0 spiro atoms. The Hall–Kier alpha value is -0.860. The van der Waals surface area contributed by atoms with Crippen molar-refractivity contribution in [1.82, 2.24) is 5.32 Å². The molecule has 0 aliphatic carbocycles. The number of hydrogen-bond acceptors (Lipinski definition) is 2. The van der Waals surface area contributed by atoms with Crippen LogP contribution >= 0.6 is 0 Å². The quantitative estimate of drug-likeness (QED) is 0.841. The third-order valence-corrected chi connectivity index (χ3v) is 4.07. The first-order valence-corrected chi connectivity index (χ1v) is 7.56. The average Bonchev–Trinajstić information content (AvgIpc) is 2.81. The van der Waals surface area contributed by atoms with E-state index in [1.165, 1.54) is 18.4 Å². The summed E-state index contributed by atoms with van der Waals surface area (Å²) in [6.45, 7) is 8.76. The van der Waals surface area contributed by atoms with Crippen LogP contribution in [0.5, 0.6) is 0 Å². The molecule has 2 heteroatoms. The summed E-state index contributed by atoms with van der Waals surface area (Å²) in [7, 11) is 0. The Morgan fingerprint density at radius 3 is 2.58 bits per heavy atom. The van der Waals surface area contributed by atoms with E-state index in [-0.39, 0.29) is 0 Å². The number of benzene rings is 1. The minimum atomic E-state index is 0.406. The van der Waals surface area contributed by atoms with Crippen LogP contribution in [0.1, 0.15) is 45.2 Å². The Morgan fingerprint density at radius 1 is 1.26 bits per heavy atom. The summed E-state index contributed by atoms with van der Waals surface area (Å²) < 4.78 is 5.64. The van der Waals surface area contributed by atoms with E-state index in [0.29, 0.717) is 24.0 Å². The molecule has 1 N–H and O–H groups in total. The normalized spacial score (nSPS) is 24.8. The van der Waals surface area contributed by atoms with Crippen molar-refractivity contribution in [3.63, 3.8) is 0 Å². The van der Waals surface area contributed by atoms with Crippen LogP contribution in [0.4, 0.5) is 0 Å². The second-order valence-corrected chi connectivity index (χ2v) is 6.13. The molecule has 1 fully saturated rings. The van der Waals surface area contributed by atoms with E-state index in [1.807, 2.05) is 0 Å². The van der Waals surface area contributed by atoms with E-state index < -0.39 is 0 Å². The monoisotopic (exact) mass is 261 g/mol. The lowest BCUT2D eigenvalue weighted by Gasteiger charge is -2.24. The van der Waals surface area contributed by atoms with Crippen molar-refractivity contribution in [2.75, 3.05) is 13.2 Å². The predicted molar refractivity (Wildman–Crippen MR) is 80.2 cm³/mol. The van der Waals surface area contributed by atoms with Crippen molar-refractivity contribution in [2.24, 2.45) is 11.8 Å². The van der Waals surface area contributed by atoms with Crippen LogP contribution < -0.4 is 5.32 Å². The molecule has 3 atom stereocenters. The zero-order valence-corrected chi connectivity index (χ0v) is 12.4. The Morgan fingerprint density at radius 2 is 2.00 bits per heavy atom. The van der Waals surface area contributed by atoms with Crippen LogP contribution in [-0.2, 0) is 4.74 Å². The van der Waals surface area contributed by atoms with Gasteiger partial charge in [-0.1, -0.05) is 44.2 Å². The van der Waals surface area contributed by atoms with Gasteiger partial charge in [-0.05, 0) is 37.2 Å². The summed E-state index contributed by atoms with van der Waals surface area (Å²) in [5.74, 6) is 1.37. The summed E-state index contributed by atoms with van der Waals surface area (Å²) in [5.41, 5.74) is 1.41. The van der Waals surface area contributed by atoms with Crippen molar-refractivity contribution >= 4 is 0 Å². The van der Waals surface area contributed by atoms with Crippen molar-refractivity contribution in [1.29, 1.82) is 0 Å². The zero-order valence-electron chi connectivity index (χ0n) is 12.4. The Kier molecular flexibility index (Phi) is 5.41. The highest BCUT2D eigenvalue weighted by Crippen LogP contribution is 2.24. The van der Waals surface area contributed by atoms with Crippen LogP contribution in [0, 0.1) is 11.8 Å². The van der Waals surface area contributed by atoms with Gasteiger partial charge in [0.05, 0.1) is 6.10 Å². The second kappa shape index (κ2) is 7.06. The highest BCUT2D eigenvalue weighted by atomic mass is 16.5. The van der Waals surface area contributed by atoms with Gasteiger partial charge in [0.15, 0.2) is 0 Å². The van der Waals surface area contributed by atoms with Gasteiger partial charge in [0.1, 0.15) is 0 Å². The van der Waals surface area contributed by atoms with Crippen molar-refractivity contribution < 1.29 is 4.74 Å². The summed E-state index contributed by atoms with van der Waals surface area (Å²) in [6.07, 6.45) is 2.78. The van der Waals surface area contributed by atoms with E-state index in [2.05, 4.69) is 56.4 Å². The van der Waals surface area contributed by atoms with E-state index in [0.717, 1.165) is 13.2 Å². The molecular weight excluding hydrogens is 234 g/mol. The van der Waals surface area contributed by atoms with Gasteiger partial charge in [-0.25, -0.2) is 0 Å². The molecule has 2 nitrogen and oxygen atoms in total. The molecule has 0 bridgehead atoms. The largest absolute Gasteiger partial charge is 0.378 e. The standard InChI is InChI=1S/C17H27NO/c1-13(2)11-17(15-7-5-4-6-8-15)18-12-16-9-10-19-14(16)3/h4-8,13-14,16-18H,9-12H2,1-3H3. The van der Waals surface area contributed by atoms with Crippen molar-refractivity contribution in [3.05, 3.63) is 35.9 Å². The van der Waals surface area contributed by atoms with Crippen LogP contribution in [0.2, 0.25) is 0 Å². The maximum atomic E-state index is 5.64. The molecule has 1 saturated heterocycles. The number of ether oxygens (including phenoxy) is 1. The van der Waals surface area contributed by atoms with E-state index in [9.17, 15) is 0 Å². The molecule has 0 aromatic heterocycles. The lowest BCUT2D eigenvalue weighted by Crippen LogP contribution is -2.31. The fraction of sp³-hybridized carbons (Fsp3) is 0.647. The molecule has 0 radical (unpaired) electrons. The number of hydrogen-bond donors (Lipinski definition) is 1. The van der Waals surface area contributed by atoms with Crippen LogP contribution in [0.15, 0.2) is 30.3 Å². The summed E-state index contributed by atoms with van der Waals surface area (Å²) in [6, 6.07) is 11.3. The van der Waals surface area contributed by atoms with Crippen LogP contribution in [-0.4, -0.2) is 19.3 Å². The van der Waals surface area contributed by atoms with Gasteiger partial charge in [-0.3, -0.25) is 0 Å². The average molecular weight is 261 g/mol. The zero-order chi connectivity index (χ0) is 13.7.